The van der Waals surface area contributed by atoms with Crippen molar-refractivity contribution in [3.8, 4) is 12.3 Å². The van der Waals surface area contributed by atoms with Crippen LogP contribution in [0.15, 0.2) is 42.6 Å². The van der Waals surface area contributed by atoms with Crippen molar-refractivity contribution < 1.29 is 4.79 Å². The van der Waals surface area contributed by atoms with Gasteiger partial charge in [-0.25, -0.2) is 0 Å². The highest BCUT2D eigenvalue weighted by atomic mass is 16.1. The van der Waals surface area contributed by atoms with Crippen molar-refractivity contribution in [2.75, 3.05) is 5.32 Å². The average Bonchev–Trinajstić information content (AvgIpc) is 2.88. The molecule has 0 radical (unpaired) electrons. The fourth-order valence-corrected chi connectivity index (χ4v) is 2.03. The van der Waals surface area contributed by atoms with Gasteiger partial charge in [0, 0.05) is 17.4 Å². The van der Waals surface area contributed by atoms with Crippen LogP contribution in [0.2, 0.25) is 0 Å². The molecule has 3 rings (SSSR count). The monoisotopic (exact) mass is 276 g/mol. The Morgan fingerprint density at radius 1 is 1.29 bits per heavy atom. The lowest BCUT2D eigenvalue weighted by atomic mass is 10.2. The number of fused-ring (bicyclic) bond motifs is 1. The third-order valence-corrected chi connectivity index (χ3v) is 3.12. The Morgan fingerprint density at radius 3 is 2.95 bits per heavy atom. The van der Waals surface area contributed by atoms with Gasteiger partial charge < -0.3 is 5.32 Å². The number of carbonyl (C=O) groups is 1. The zero-order valence-electron chi connectivity index (χ0n) is 11.4. The van der Waals surface area contributed by atoms with Crippen molar-refractivity contribution in [2.45, 2.75) is 6.92 Å². The van der Waals surface area contributed by atoms with Gasteiger partial charge in [0.2, 0.25) is 0 Å². The third-order valence-electron chi connectivity index (χ3n) is 3.12. The molecule has 2 aromatic heterocycles. The van der Waals surface area contributed by atoms with Crippen LogP contribution in [0.25, 0.3) is 5.65 Å². The van der Waals surface area contributed by atoms with Crippen molar-refractivity contribution in [3.63, 3.8) is 0 Å². The number of aromatic nitrogens is 3. The van der Waals surface area contributed by atoms with Crippen LogP contribution in [0, 0.1) is 19.3 Å². The lowest BCUT2D eigenvalue weighted by molar-refractivity contribution is 0.102. The number of terminal acetylenes is 1. The van der Waals surface area contributed by atoms with Crippen LogP contribution in [-0.4, -0.2) is 20.5 Å². The summed E-state index contributed by atoms with van der Waals surface area (Å²) >= 11 is 0. The number of anilines is 1. The second-order valence-electron chi connectivity index (χ2n) is 4.57. The summed E-state index contributed by atoms with van der Waals surface area (Å²) in [6, 6.07) is 10.6. The summed E-state index contributed by atoms with van der Waals surface area (Å²) in [4.78, 5) is 12.3. The van der Waals surface area contributed by atoms with E-state index in [1.165, 1.54) is 0 Å². The smallest absolute Gasteiger partial charge is 0.257 e. The molecule has 0 bridgehead atoms. The van der Waals surface area contributed by atoms with E-state index in [-0.39, 0.29) is 5.91 Å². The Balaban J connectivity index is 1.89. The van der Waals surface area contributed by atoms with Crippen LogP contribution in [0.1, 0.15) is 21.7 Å². The van der Waals surface area contributed by atoms with E-state index in [2.05, 4.69) is 21.4 Å². The largest absolute Gasteiger partial charge is 0.322 e. The van der Waals surface area contributed by atoms with E-state index in [0.717, 1.165) is 11.4 Å². The second kappa shape index (κ2) is 5.10. The molecular weight excluding hydrogens is 264 g/mol. The van der Waals surface area contributed by atoms with E-state index in [1.54, 1.807) is 40.9 Å². The predicted molar refractivity (Wildman–Crippen MR) is 80.1 cm³/mol. The molecule has 3 aromatic rings. The Hall–Kier alpha value is -3.13. The number of pyridine rings is 1. The highest BCUT2D eigenvalue weighted by molar-refractivity contribution is 6.04. The van der Waals surface area contributed by atoms with Gasteiger partial charge >= 0.3 is 0 Å². The first-order valence-electron chi connectivity index (χ1n) is 6.37. The molecule has 0 spiro atoms. The molecule has 0 saturated heterocycles. The summed E-state index contributed by atoms with van der Waals surface area (Å²) < 4.78 is 1.77. The maximum atomic E-state index is 12.3. The van der Waals surface area contributed by atoms with E-state index in [4.69, 9.17) is 6.42 Å². The van der Waals surface area contributed by atoms with Crippen molar-refractivity contribution >= 4 is 17.2 Å². The molecule has 1 aromatic carbocycles. The van der Waals surface area contributed by atoms with Crippen LogP contribution in [0.5, 0.6) is 0 Å². The molecule has 0 aliphatic heterocycles. The highest BCUT2D eigenvalue weighted by Gasteiger charge is 2.09. The van der Waals surface area contributed by atoms with Crippen LogP contribution < -0.4 is 5.32 Å². The maximum Gasteiger partial charge on any atom is 0.257 e. The minimum atomic E-state index is -0.209. The van der Waals surface area contributed by atoms with Crippen molar-refractivity contribution in [2.24, 2.45) is 0 Å². The van der Waals surface area contributed by atoms with Gasteiger partial charge in [-0.1, -0.05) is 12.0 Å². The number of rotatable bonds is 2. The highest BCUT2D eigenvalue weighted by Crippen LogP contribution is 2.13. The Labute approximate surface area is 121 Å². The van der Waals surface area contributed by atoms with Gasteiger partial charge in [-0.05, 0) is 37.3 Å². The normalized spacial score (nSPS) is 10.3. The minimum Gasteiger partial charge on any atom is -0.322 e. The predicted octanol–water partition coefficient (Wildman–Crippen LogP) is 2.27. The third kappa shape index (κ3) is 2.47. The SMILES string of the molecule is C#Cc1cccc(NC(=O)c2ccc3nnc(C)n3c2)c1. The van der Waals surface area contributed by atoms with E-state index < -0.39 is 0 Å². The fraction of sp³-hybridized carbons (Fsp3) is 0.0625. The first-order valence-corrected chi connectivity index (χ1v) is 6.37. The van der Waals surface area contributed by atoms with Crippen LogP contribution in [0.3, 0.4) is 0 Å². The minimum absolute atomic E-state index is 0.209. The molecule has 0 fully saturated rings. The zero-order chi connectivity index (χ0) is 14.8. The van der Waals surface area contributed by atoms with E-state index in [9.17, 15) is 4.79 Å². The molecule has 0 aliphatic rings. The van der Waals surface area contributed by atoms with Gasteiger partial charge in [0.25, 0.3) is 5.91 Å². The number of hydrogen-bond donors (Lipinski definition) is 1. The summed E-state index contributed by atoms with van der Waals surface area (Å²) in [7, 11) is 0. The molecule has 0 saturated carbocycles. The molecule has 5 heteroatoms. The van der Waals surface area contributed by atoms with Gasteiger partial charge in [-0.2, -0.15) is 0 Å². The molecule has 1 amide bonds. The number of nitrogens with zero attached hydrogens (tertiary/aromatic N) is 3. The number of benzene rings is 1. The number of carbonyl (C=O) groups excluding carboxylic acids is 1. The molecule has 1 N–H and O–H groups in total. The van der Waals surface area contributed by atoms with Crippen molar-refractivity contribution in [1.82, 2.24) is 14.6 Å². The van der Waals surface area contributed by atoms with Gasteiger partial charge in [0.1, 0.15) is 5.82 Å². The summed E-state index contributed by atoms with van der Waals surface area (Å²) in [6.07, 6.45) is 7.06. The number of amides is 1. The number of aryl methyl sites for hydroxylation is 1. The molecule has 102 valence electrons. The van der Waals surface area contributed by atoms with Gasteiger partial charge in [0.05, 0.1) is 5.56 Å². The Morgan fingerprint density at radius 2 is 2.14 bits per heavy atom. The first kappa shape index (κ1) is 12.9. The molecule has 21 heavy (non-hydrogen) atoms. The fourth-order valence-electron chi connectivity index (χ4n) is 2.03. The van der Waals surface area contributed by atoms with Crippen molar-refractivity contribution in [3.05, 3.63) is 59.5 Å². The van der Waals surface area contributed by atoms with Crippen molar-refractivity contribution in [1.29, 1.82) is 0 Å². The van der Waals surface area contributed by atoms with Crippen LogP contribution >= 0.6 is 0 Å². The average molecular weight is 276 g/mol. The lowest BCUT2D eigenvalue weighted by Gasteiger charge is -2.06. The summed E-state index contributed by atoms with van der Waals surface area (Å²) in [5.74, 6) is 3.06. The standard InChI is InChI=1S/C16H12N4O/c1-3-12-5-4-6-14(9-12)17-16(21)13-7-8-15-19-18-11(2)20(15)10-13/h1,4-10H,2H3,(H,17,21). The van der Waals surface area contributed by atoms with Crippen LogP contribution in [0.4, 0.5) is 5.69 Å². The van der Waals surface area contributed by atoms with Gasteiger partial charge in [-0.15, -0.1) is 16.6 Å². The van der Waals surface area contributed by atoms with E-state index >= 15 is 0 Å². The second-order valence-corrected chi connectivity index (χ2v) is 4.57. The quantitative estimate of drug-likeness (QED) is 0.730. The lowest BCUT2D eigenvalue weighted by Crippen LogP contribution is -2.12. The summed E-state index contributed by atoms with van der Waals surface area (Å²) in [5, 5.41) is 10.8. The molecule has 2 heterocycles. The van der Waals surface area contributed by atoms with E-state index in [0.29, 0.717) is 16.9 Å². The maximum absolute atomic E-state index is 12.3. The van der Waals surface area contributed by atoms with Gasteiger partial charge in [-0.3, -0.25) is 9.20 Å². The molecule has 0 unspecified atom stereocenters. The van der Waals surface area contributed by atoms with E-state index in [1.807, 2.05) is 13.0 Å². The van der Waals surface area contributed by atoms with Crippen LogP contribution in [-0.2, 0) is 0 Å². The molecule has 5 nitrogen and oxygen atoms in total. The van der Waals surface area contributed by atoms with Gasteiger partial charge in [0.15, 0.2) is 5.65 Å². The zero-order valence-corrected chi connectivity index (χ0v) is 11.4. The molecule has 0 aliphatic carbocycles. The molecule has 0 atom stereocenters. The summed E-state index contributed by atoms with van der Waals surface area (Å²) in [5.41, 5.74) is 2.61. The first-order chi connectivity index (χ1) is 10.2. The molecular formula is C16H12N4O. The summed E-state index contributed by atoms with van der Waals surface area (Å²) in [6.45, 7) is 1.83. The Bertz CT molecular complexity index is 873. The number of nitrogens with one attached hydrogen (secondary N) is 1. The number of hydrogen-bond acceptors (Lipinski definition) is 3. The topological polar surface area (TPSA) is 59.3 Å². The Kier molecular flexibility index (Phi) is 3.13.